The van der Waals surface area contributed by atoms with Crippen LogP contribution in [0.5, 0.6) is 0 Å². The molecule has 10 heteroatoms. The molecule has 2 saturated carbocycles. The zero-order valence-electron chi connectivity index (χ0n) is 39.6. The van der Waals surface area contributed by atoms with Crippen molar-refractivity contribution in [1.82, 2.24) is 0 Å². The third-order valence-electron chi connectivity index (χ3n) is 16.4. The third-order valence-corrected chi connectivity index (χ3v) is 16.4. The Balaban J connectivity index is 0.836. The Morgan fingerprint density at radius 1 is 0.625 bits per heavy atom. The number of aliphatic hydroxyl groups excluding tert-OH is 2. The van der Waals surface area contributed by atoms with Gasteiger partial charge < -0.3 is 19.7 Å². The summed E-state index contributed by atoms with van der Waals surface area (Å²) in [6.45, 7) is 17.1. The van der Waals surface area contributed by atoms with Crippen molar-refractivity contribution in [2.45, 2.75) is 174 Å². The van der Waals surface area contributed by atoms with E-state index in [4.69, 9.17) is 24.1 Å². The second-order valence-corrected chi connectivity index (χ2v) is 21.3. The first-order valence-electron chi connectivity index (χ1n) is 24.0. The Kier molecular flexibility index (Phi) is 14.9. The number of rotatable bonds is 17. The molecule has 64 heavy (non-hydrogen) atoms. The molecule has 0 radical (unpaired) electrons. The lowest BCUT2D eigenvalue weighted by atomic mass is 9.49. The summed E-state index contributed by atoms with van der Waals surface area (Å²) in [5.41, 5.74) is 8.07. The number of aryl methyl sites for hydroxylation is 2. The number of carbonyl (C=O) groups excluding carboxylic acids is 2. The van der Waals surface area contributed by atoms with Gasteiger partial charge in [-0.3, -0.25) is 14.8 Å². The van der Waals surface area contributed by atoms with Gasteiger partial charge in [-0.1, -0.05) is 115 Å². The van der Waals surface area contributed by atoms with Gasteiger partial charge in [-0.15, -0.1) is 0 Å². The molecule has 9 unspecified atom stereocenters. The molecular weight excluding hydrogens is 809 g/mol. The van der Waals surface area contributed by atoms with Gasteiger partial charge in [0, 0.05) is 6.42 Å². The fourth-order valence-corrected chi connectivity index (χ4v) is 12.6. The predicted molar refractivity (Wildman–Crippen MR) is 245 cm³/mol. The van der Waals surface area contributed by atoms with Crippen LogP contribution in [0.4, 0.5) is 0 Å². The summed E-state index contributed by atoms with van der Waals surface area (Å²) in [5.74, 6) is 0.674. The van der Waals surface area contributed by atoms with Crippen LogP contribution in [0.1, 0.15) is 176 Å². The van der Waals surface area contributed by atoms with Gasteiger partial charge in [-0.05, 0) is 144 Å². The van der Waals surface area contributed by atoms with Crippen molar-refractivity contribution >= 4 is 11.9 Å². The summed E-state index contributed by atoms with van der Waals surface area (Å²) < 4.78 is 11.6. The Morgan fingerprint density at radius 2 is 1.09 bits per heavy atom. The van der Waals surface area contributed by atoms with E-state index in [0.29, 0.717) is 17.4 Å². The van der Waals surface area contributed by atoms with Crippen LogP contribution in [-0.4, -0.2) is 59.4 Å². The SMILES string of the molecule is CC(C)c1ccc2c(c1)CCC1C(C)(C(=O)OCC(O)COOCc3ccc(C(CC(O)COC(=O)C4(C)CCCC5(C)c6ccc(C(C)C)cc6CCC45)OO)cc3)CCCC21C. The van der Waals surface area contributed by atoms with Crippen molar-refractivity contribution in [2.24, 2.45) is 22.7 Å². The summed E-state index contributed by atoms with van der Waals surface area (Å²) >= 11 is 0. The Hall–Kier alpha value is -3.64. The highest BCUT2D eigenvalue weighted by atomic mass is 17.2. The van der Waals surface area contributed by atoms with Gasteiger partial charge in [0.2, 0.25) is 0 Å². The Bertz CT molecular complexity index is 2100. The Morgan fingerprint density at radius 3 is 1.56 bits per heavy atom. The third kappa shape index (κ3) is 9.61. The van der Waals surface area contributed by atoms with Crippen LogP contribution < -0.4 is 0 Å². The van der Waals surface area contributed by atoms with E-state index >= 15 is 0 Å². The summed E-state index contributed by atoms with van der Waals surface area (Å²) in [4.78, 5) is 43.0. The molecule has 0 spiro atoms. The number of esters is 2. The normalized spacial score (nSPS) is 28.9. The van der Waals surface area contributed by atoms with E-state index in [1.807, 2.05) is 13.8 Å². The number of carbonyl (C=O) groups is 2. The molecule has 3 N–H and O–H groups in total. The first-order valence-corrected chi connectivity index (χ1v) is 24.0. The molecule has 0 amide bonds. The van der Waals surface area contributed by atoms with Gasteiger partial charge in [0.25, 0.3) is 0 Å². The van der Waals surface area contributed by atoms with Crippen LogP contribution >= 0.6 is 0 Å². The Labute approximate surface area is 381 Å². The second-order valence-electron chi connectivity index (χ2n) is 21.3. The molecule has 0 bridgehead atoms. The van der Waals surface area contributed by atoms with Crippen molar-refractivity contribution in [1.29, 1.82) is 0 Å². The second kappa shape index (κ2) is 19.7. The fraction of sp³-hybridized carbons (Fsp3) is 0.630. The molecule has 0 aromatic heterocycles. The summed E-state index contributed by atoms with van der Waals surface area (Å²) in [6.07, 6.45) is 6.22. The van der Waals surface area contributed by atoms with Crippen molar-refractivity contribution < 1.29 is 49.2 Å². The van der Waals surface area contributed by atoms with Gasteiger partial charge in [-0.25, -0.2) is 14.7 Å². The number of hydrogen-bond acceptors (Lipinski definition) is 10. The number of benzene rings is 3. The zero-order chi connectivity index (χ0) is 46.0. The zero-order valence-corrected chi connectivity index (χ0v) is 39.6. The van der Waals surface area contributed by atoms with Gasteiger partial charge in [0.05, 0.1) is 16.9 Å². The molecule has 0 heterocycles. The summed E-state index contributed by atoms with van der Waals surface area (Å²) in [5, 5.41) is 31.4. The van der Waals surface area contributed by atoms with E-state index in [9.17, 15) is 25.1 Å². The smallest absolute Gasteiger partial charge is 0.312 e. The summed E-state index contributed by atoms with van der Waals surface area (Å²) in [6, 6.07) is 20.9. The highest BCUT2D eigenvalue weighted by Gasteiger charge is 2.57. The van der Waals surface area contributed by atoms with Crippen molar-refractivity contribution in [3.63, 3.8) is 0 Å². The topological polar surface area (TPSA) is 141 Å². The highest BCUT2D eigenvalue weighted by Crippen LogP contribution is 2.59. The summed E-state index contributed by atoms with van der Waals surface area (Å²) in [7, 11) is 0. The molecule has 0 aliphatic heterocycles. The fourth-order valence-electron chi connectivity index (χ4n) is 12.6. The number of hydrogen-bond donors (Lipinski definition) is 3. The van der Waals surface area contributed by atoms with Gasteiger partial charge in [0.15, 0.2) is 0 Å². The van der Waals surface area contributed by atoms with Crippen LogP contribution in [0.25, 0.3) is 0 Å². The molecule has 10 nitrogen and oxygen atoms in total. The minimum Gasteiger partial charge on any atom is -0.463 e. The quantitative estimate of drug-likeness (QED) is 0.0519. The lowest BCUT2D eigenvalue weighted by Gasteiger charge is -2.54. The lowest BCUT2D eigenvalue weighted by molar-refractivity contribution is -0.315. The molecule has 3 aromatic rings. The van der Waals surface area contributed by atoms with E-state index in [2.05, 4.69) is 77.9 Å². The average Bonchev–Trinajstić information content (AvgIpc) is 3.27. The predicted octanol–water partition coefficient (Wildman–Crippen LogP) is 10.5. The van der Waals surface area contributed by atoms with E-state index in [1.165, 1.54) is 33.4 Å². The van der Waals surface area contributed by atoms with E-state index in [-0.39, 0.29) is 67.5 Å². The molecular formula is C54H74O10. The van der Waals surface area contributed by atoms with E-state index in [1.54, 1.807) is 24.3 Å². The van der Waals surface area contributed by atoms with E-state index < -0.39 is 29.1 Å². The molecule has 350 valence electrons. The molecule has 4 aliphatic rings. The molecule has 9 atom stereocenters. The van der Waals surface area contributed by atoms with Crippen molar-refractivity contribution in [2.75, 3.05) is 19.8 Å². The molecule has 4 aliphatic carbocycles. The van der Waals surface area contributed by atoms with Crippen LogP contribution in [0.2, 0.25) is 0 Å². The van der Waals surface area contributed by atoms with Crippen LogP contribution in [-0.2, 0) is 64.0 Å². The van der Waals surface area contributed by atoms with Crippen LogP contribution in [0.3, 0.4) is 0 Å². The standard InChI is InChI=1S/C54H74O10/c1-34(2)38-15-19-44-40(27-38)17-21-47-51(44,5)23-9-25-53(47,7)49(57)60-31-42(55)29-46(64-59)37-13-11-36(12-14-37)30-62-63-33-43(56)32-61-50(58)54(8)26-10-24-52(6)45-20-16-39(35(3)4)28-41(45)18-22-48(52)54/h11-16,19-20,27-28,34-35,42-43,46-48,55-56,59H,9-10,17-18,21-26,29-33H2,1-8H3. The van der Waals surface area contributed by atoms with E-state index in [0.717, 1.165) is 69.8 Å². The molecule has 2 fully saturated rings. The average molecular weight is 883 g/mol. The molecule has 7 rings (SSSR count). The minimum atomic E-state index is -1.06. The number of fused-ring (bicyclic) bond motifs is 6. The minimum absolute atomic E-state index is 0.0148. The van der Waals surface area contributed by atoms with Gasteiger partial charge >= 0.3 is 11.9 Å². The first-order chi connectivity index (χ1) is 30.4. The maximum atomic E-state index is 13.9. The van der Waals surface area contributed by atoms with Crippen molar-refractivity contribution in [3.05, 3.63) is 105 Å². The molecule has 0 saturated heterocycles. The maximum absolute atomic E-state index is 13.9. The number of aliphatic hydroxyl groups is 2. The maximum Gasteiger partial charge on any atom is 0.312 e. The monoisotopic (exact) mass is 883 g/mol. The lowest BCUT2D eigenvalue weighted by Crippen LogP contribution is -2.53. The number of ether oxygens (including phenoxy) is 2. The largest absolute Gasteiger partial charge is 0.463 e. The molecule has 3 aromatic carbocycles. The highest BCUT2D eigenvalue weighted by molar-refractivity contribution is 5.78. The van der Waals surface area contributed by atoms with Crippen LogP contribution in [0.15, 0.2) is 60.7 Å². The van der Waals surface area contributed by atoms with Crippen LogP contribution in [0, 0.1) is 22.7 Å². The van der Waals surface area contributed by atoms with Gasteiger partial charge in [0.1, 0.15) is 38.6 Å². The first kappa shape index (κ1) is 48.3. The van der Waals surface area contributed by atoms with Crippen molar-refractivity contribution in [3.8, 4) is 0 Å². The van der Waals surface area contributed by atoms with Gasteiger partial charge in [-0.2, -0.15) is 0 Å².